The summed E-state index contributed by atoms with van der Waals surface area (Å²) in [5.41, 5.74) is -0.0167. The zero-order chi connectivity index (χ0) is 22.2. The maximum absolute atomic E-state index is 13.2. The minimum atomic E-state index is -4.75. The number of piperidine rings is 1. The van der Waals surface area contributed by atoms with E-state index in [0.29, 0.717) is 29.2 Å². The third kappa shape index (κ3) is 4.27. The summed E-state index contributed by atoms with van der Waals surface area (Å²) in [6.45, 7) is 0.899. The Morgan fingerprint density at radius 1 is 1.23 bits per heavy atom. The fourth-order valence-electron chi connectivity index (χ4n) is 3.65. The monoisotopic (exact) mass is 451 g/mol. The van der Waals surface area contributed by atoms with Gasteiger partial charge in [-0.2, -0.15) is 13.2 Å². The van der Waals surface area contributed by atoms with Crippen LogP contribution >= 0.6 is 11.3 Å². The van der Waals surface area contributed by atoms with E-state index in [0.717, 1.165) is 36.8 Å². The van der Waals surface area contributed by atoms with Crippen molar-refractivity contribution in [2.75, 3.05) is 11.4 Å². The SMILES string of the molecule is Cn1c(C(F)(F)F)nc2sc(N3CCCCC3C(=O)NCc3ccccc3)nc2c1=O. The van der Waals surface area contributed by atoms with Crippen molar-refractivity contribution in [2.24, 2.45) is 7.05 Å². The third-order valence-corrected chi connectivity index (χ3v) is 6.23. The highest BCUT2D eigenvalue weighted by Crippen LogP contribution is 2.33. The normalized spacial score (nSPS) is 17.2. The summed E-state index contributed by atoms with van der Waals surface area (Å²) in [6.07, 6.45) is -2.49. The van der Waals surface area contributed by atoms with Crippen molar-refractivity contribution in [3.63, 3.8) is 0 Å². The van der Waals surface area contributed by atoms with Gasteiger partial charge in [0.05, 0.1) is 0 Å². The number of benzene rings is 1. The number of halogens is 3. The maximum Gasteiger partial charge on any atom is 0.449 e. The van der Waals surface area contributed by atoms with E-state index in [4.69, 9.17) is 0 Å². The number of nitrogens with one attached hydrogen (secondary N) is 1. The molecule has 1 atom stereocenters. The number of aromatic nitrogens is 3. The van der Waals surface area contributed by atoms with Gasteiger partial charge in [-0.1, -0.05) is 41.7 Å². The van der Waals surface area contributed by atoms with Gasteiger partial charge in [-0.25, -0.2) is 9.97 Å². The molecule has 31 heavy (non-hydrogen) atoms. The van der Waals surface area contributed by atoms with E-state index in [2.05, 4.69) is 15.3 Å². The Morgan fingerprint density at radius 3 is 2.68 bits per heavy atom. The van der Waals surface area contributed by atoms with E-state index in [-0.39, 0.29) is 16.3 Å². The molecule has 0 aliphatic carbocycles. The average molecular weight is 451 g/mol. The second-order valence-corrected chi connectivity index (χ2v) is 8.31. The maximum atomic E-state index is 13.2. The minimum Gasteiger partial charge on any atom is -0.350 e. The molecule has 1 amide bonds. The second kappa shape index (κ2) is 8.29. The fourth-order valence-corrected chi connectivity index (χ4v) is 4.66. The molecule has 1 aromatic carbocycles. The highest BCUT2D eigenvalue weighted by atomic mass is 32.1. The Balaban J connectivity index is 1.62. The lowest BCUT2D eigenvalue weighted by Crippen LogP contribution is -2.49. The number of anilines is 1. The molecular formula is C20H20F3N5O2S. The summed E-state index contributed by atoms with van der Waals surface area (Å²) < 4.78 is 40.1. The third-order valence-electron chi connectivity index (χ3n) is 5.24. The zero-order valence-corrected chi connectivity index (χ0v) is 17.5. The lowest BCUT2D eigenvalue weighted by Gasteiger charge is -2.34. The molecule has 0 radical (unpaired) electrons. The van der Waals surface area contributed by atoms with Gasteiger partial charge in [0.2, 0.25) is 11.7 Å². The highest BCUT2D eigenvalue weighted by Gasteiger charge is 2.37. The molecule has 1 aliphatic rings. The molecule has 7 nitrogen and oxygen atoms in total. The molecule has 0 bridgehead atoms. The molecule has 1 saturated heterocycles. The molecule has 4 rings (SSSR count). The van der Waals surface area contributed by atoms with Crippen LogP contribution in [0.3, 0.4) is 0 Å². The number of carbonyl (C=O) groups excluding carboxylic acids is 1. The van der Waals surface area contributed by atoms with Gasteiger partial charge >= 0.3 is 6.18 Å². The van der Waals surface area contributed by atoms with Crippen molar-refractivity contribution in [1.29, 1.82) is 0 Å². The summed E-state index contributed by atoms with van der Waals surface area (Å²) >= 11 is 0.903. The van der Waals surface area contributed by atoms with E-state index < -0.39 is 23.6 Å². The van der Waals surface area contributed by atoms with Gasteiger partial charge in [0.1, 0.15) is 6.04 Å². The number of hydrogen-bond acceptors (Lipinski definition) is 6. The molecular weight excluding hydrogens is 431 g/mol. The van der Waals surface area contributed by atoms with E-state index in [1.807, 2.05) is 30.3 Å². The quantitative estimate of drug-likeness (QED) is 0.660. The van der Waals surface area contributed by atoms with Crippen molar-refractivity contribution in [3.05, 3.63) is 52.1 Å². The predicted octanol–water partition coefficient (Wildman–Crippen LogP) is 3.08. The molecule has 3 aromatic rings. The Hall–Kier alpha value is -2.95. The van der Waals surface area contributed by atoms with Crippen molar-refractivity contribution < 1.29 is 18.0 Å². The summed E-state index contributed by atoms with van der Waals surface area (Å²) in [5.74, 6) is -1.45. The number of fused-ring (bicyclic) bond motifs is 1. The van der Waals surface area contributed by atoms with Crippen LogP contribution in [0.15, 0.2) is 35.1 Å². The number of thiazole rings is 1. The van der Waals surface area contributed by atoms with Gasteiger partial charge in [0.15, 0.2) is 15.5 Å². The van der Waals surface area contributed by atoms with Crippen LogP contribution in [0.25, 0.3) is 10.3 Å². The Morgan fingerprint density at radius 2 is 1.97 bits per heavy atom. The molecule has 164 valence electrons. The highest BCUT2D eigenvalue weighted by molar-refractivity contribution is 7.21. The first-order valence-electron chi connectivity index (χ1n) is 9.79. The minimum absolute atomic E-state index is 0.0838. The average Bonchev–Trinajstić information content (AvgIpc) is 3.19. The van der Waals surface area contributed by atoms with Gasteiger partial charge in [0.25, 0.3) is 5.56 Å². The van der Waals surface area contributed by atoms with Crippen LogP contribution in [0.2, 0.25) is 0 Å². The first-order valence-corrected chi connectivity index (χ1v) is 10.6. The van der Waals surface area contributed by atoms with Crippen LogP contribution in [0, 0.1) is 0 Å². The number of amides is 1. The standard InChI is InChI=1S/C20H20F3N5O2S/c1-27-17(30)14-16(26-18(27)20(21,22)23)31-19(25-14)28-10-6-5-9-13(28)15(29)24-11-12-7-3-2-4-8-12/h2-4,7-8,13H,5-6,9-11H2,1H3,(H,24,29). The first-order chi connectivity index (χ1) is 14.8. The first kappa shape index (κ1) is 21.3. The smallest absolute Gasteiger partial charge is 0.350 e. The molecule has 0 saturated carbocycles. The summed E-state index contributed by atoms with van der Waals surface area (Å²) in [5, 5.41) is 3.25. The molecule has 11 heteroatoms. The zero-order valence-electron chi connectivity index (χ0n) is 16.6. The van der Waals surface area contributed by atoms with Gasteiger partial charge in [-0.05, 0) is 24.8 Å². The molecule has 1 N–H and O–H groups in total. The van der Waals surface area contributed by atoms with Crippen LogP contribution < -0.4 is 15.8 Å². The lowest BCUT2D eigenvalue weighted by atomic mass is 10.0. The van der Waals surface area contributed by atoms with E-state index in [1.54, 1.807) is 4.90 Å². The van der Waals surface area contributed by atoms with Crippen LogP contribution in [0.1, 0.15) is 30.7 Å². The van der Waals surface area contributed by atoms with Crippen molar-refractivity contribution >= 4 is 32.7 Å². The van der Waals surface area contributed by atoms with Gasteiger partial charge in [-0.15, -0.1) is 0 Å². The van der Waals surface area contributed by atoms with Gasteiger partial charge in [0, 0.05) is 20.1 Å². The number of carbonyl (C=O) groups is 1. The van der Waals surface area contributed by atoms with E-state index >= 15 is 0 Å². The van der Waals surface area contributed by atoms with E-state index in [1.165, 1.54) is 0 Å². The number of hydrogen-bond donors (Lipinski definition) is 1. The summed E-state index contributed by atoms with van der Waals surface area (Å²) in [7, 11) is 1.03. The molecule has 1 unspecified atom stereocenters. The van der Waals surface area contributed by atoms with Crippen LogP contribution in [0.4, 0.5) is 18.3 Å². The lowest BCUT2D eigenvalue weighted by molar-refractivity contribution is -0.147. The fraction of sp³-hybridized carbons (Fsp3) is 0.400. The topological polar surface area (TPSA) is 80.1 Å². The Labute approximate surface area is 179 Å². The second-order valence-electron chi connectivity index (χ2n) is 7.36. The predicted molar refractivity (Wildman–Crippen MR) is 111 cm³/mol. The van der Waals surface area contributed by atoms with Gasteiger partial charge < -0.3 is 10.2 Å². The number of alkyl halides is 3. The number of nitrogens with zero attached hydrogens (tertiary/aromatic N) is 4. The van der Waals surface area contributed by atoms with Crippen LogP contribution in [-0.4, -0.2) is 33.0 Å². The van der Waals surface area contributed by atoms with Crippen molar-refractivity contribution in [1.82, 2.24) is 19.9 Å². The van der Waals surface area contributed by atoms with Gasteiger partial charge in [-0.3, -0.25) is 14.2 Å². The largest absolute Gasteiger partial charge is 0.449 e. The summed E-state index contributed by atoms with van der Waals surface area (Å²) in [4.78, 5) is 34.9. The van der Waals surface area contributed by atoms with E-state index in [9.17, 15) is 22.8 Å². The number of rotatable bonds is 4. The molecule has 1 fully saturated rings. The summed E-state index contributed by atoms with van der Waals surface area (Å²) in [6, 6.07) is 8.97. The molecule has 1 aliphatic heterocycles. The van der Waals surface area contributed by atoms with Crippen LogP contribution in [-0.2, 0) is 24.6 Å². The molecule has 0 spiro atoms. The van der Waals surface area contributed by atoms with Crippen molar-refractivity contribution in [2.45, 2.75) is 38.0 Å². The van der Waals surface area contributed by atoms with Crippen LogP contribution in [0.5, 0.6) is 0 Å². The van der Waals surface area contributed by atoms with Crippen molar-refractivity contribution in [3.8, 4) is 0 Å². The Kier molecular flexibility index (Phi) is 5.69. The Bertz CT molecular complexity index is 1160. The molecule has 2 aromatic heterocycles. The molecule has 3 heterocycles.